The fourth-order valence-corrected chi connectivity index (χ4v) is 2.87. The average molecular weight is 321 g/mol. The van der Waals surface area contributed by atoms with E-state index in [0.29, 0.717) is 13.2 Å². The van der Waals surface area contributed by atoms with Gasteiger partial charge in [0.15, 0.2) is 0 Å². The molecule has 0 radical (unpaired) electrons. The minimum Gasteiger partial charge on any atom is -0.369 e. The zero-order valence-electron chi connectivity index (χ0n) is 13.3. The first-order valence-corrected chi connectivity index (χ1v) is 8.10. The van der Waals surface area contributed by atoms with Crippen molar-refractivity contribution in [2.45, 2.75) is 25.8 Å². The molecule has 4 rings (SSSR count). The molecule has 0 saturated carbocycles. The Bertz CT molecular complexity index is 788. The van der Waals surface area contributed by atoms with Gasteiger partial charge in [0.1, 0.15) is 5.69 Å². The van der Waals surface area contributed by atoms with Crippen molar-refractivity contribution in [1.82, 2.24) is 25.3 Å². The van der Waals surface area contributed by atoms with Gasteiger partial charge in [-0.15, -0.1) is 5.10 Å². The molecule has 0 spiro atoms. The number of benzene rings is 1. The van der Waals surface area contributed by atoms with Crippen LogP contribution in [0.25, 0.3) is 11.3 Å². The zero-order chi connectivity index (χ0) is 16.2. The topological polar surface area (TPSA) is 64.9 Å². The Labute approximate surface area is 140 Å². The van der Waals surface area contributed by atoms with Crippen LogP contribution in [0.3, 0.4) is 0 Å². The Hall–Kier alpha value is -2.57. The third-order valence-electron chi connectivity index (χ3n) is 4.12. The molecular weight excluding hydrogens is 302 g/mol. The maximum Gasteiger partial charge on any atom is 0.118 e. The monoisotopic (exact) mass is 321 g/mol. The summed E-state index contributed by atoms with van der Waals surface area (Å²) >= 11 is 0. The molecule has 0 bridgehead atoms. The number of rotatable bonds is 5. The number of pyridine rings is 1. The van der Waals surface area contributed by atoms with Crippen LogP contribution in [0.1, 0.15) is 11.4 Å². The summed E-state index contributed by atoms with van der Waals surface area (Å²) < 4.78 is 7.94. The molecule has 0 unspecified atom stereocenters. The molecule has 0 aliphatic carbocycles. The van der Waals surface area contributed by atoms with Gasteiger partial charge in [0.05, 0.1) is 30.6 Å². The van der Waals surface area contributed by atoms with Gasteiger partial charge in [0, 0.05) is 24.8 Å². The molecule has 3 heterocycles. The number of fused-ring (bicyclic) bond motifs is 1. The summed E-state index contributed by atoms with van der Waals surface area (Å²) in [6.07, 6.45) is 1.90. The first kappa shape index (κ1) is 15.0. The van der Waals surface area contributed by atoms with E-state index in [1.807, 2.05) is 53.2 Å². The van der Waals surface area contributed by atoms with Crippen LogP contribution < -0.4 is 5.32 Å². The van der Waals surface area contributed by atoms with Crippen molar-refractivity contribution in [2.75, 3.05) is 6.54 Å². The van der Waals surface area contributed by atoms with Gasteiger partial charge in [-0.25, -0.2) is 4.68 Å². The summed E-state index contributed by atoms with van der Waals surface area (Å²) in [7, 11) is 0. The summed E-state index contributed by atoms with van der Waals surface area (Å²) in [5, 5.41) is 12.0. The lowest BCUT2D eigenvalue weighted by Crippen LogP contribution is -2.36. The van der Waals surface area contributed by atoms with Crippen molar-refractivity contribution in [1.29, 1.82) is 0 Å². The van der Waals surface area contributed by atoms with E-state index in [1.165, 1.54) is 0 Å². The van der Waals surface area contributed by atoms with Crippen LogP contribution in [0.5, 0.6) is 0 Å². The first-order valence-electron chi connectivity index (χ1n) is 8.10. The highest BCUT2D eigenvalue weighted by atomic mass is 16.5. The Morgan fingerprint density at radius 2 is 2.00 bits per heavy atom. The SMILES string of the molecule is c1ccc(-c2nnn3c2CO[C@H](CNCc2ccccn2)C3)cc1. The fourth-order valence-electron chi connectivity index (χ4n) is 2.87. The lowest BCUT2D eigenvalue weighted by Gasteiger charge is -2.24. The van der Waals surface area contributed by atoms with Gasteiger partial charge in [0.2, 0.25) is 0 Å². The van der Waals surface area contributed by atoms with Gasteiger partial charge in [-0.05, 0) is 12.1 Å². The molecule has 3 aromatic rings. The van der Waals surface area contributed by atoms with Gasteiger partial charge < -0.3 is 10.1 Å². The van der Waals surface area contributed by atoms with Crippen LogP contribution in [0.15, 0.2) is 54.7 Å². The third-order valence-corrected chi connectivity index (χ3v) is 4.12. The molecule has 0 amide bonds. The number of nitrogens with zero attached hydrogens (tertiary/aromatic N) is 4. The predicted octanol–water partition coefficient (Wildman–Crippen LogP) is 2.03. The normalized spacial score (nSPS) is 16.8. The molecule has 6 heteroatoms. The van der Waals surface area contributed by atoms with E-state index in [0.717, 1.165) is 35.7 Å². The molecule has 2 aromatic heterocycles. The van der Waals surface area contributed by atoms with E-state index >= 15 is 0 Å². The van der Waals surface area contributed by atoms with E-state index < -0.39 is 0 Å². The minimum atomic E-state index is 0.0894. The quantitative estimate of drug-likeness (QED) is 0.779. The van der Waals surface area contributed by atoms with Gasteiger partial charge in [-0.1, -0.05) is 41.6 Å². The van der Waals surface area contributed by atoms with Crippen molar-refractivity contribution in [3.63, 3.8) is 0 Å². The Kier molecular flexibility index (Phi) is 4.31. The van der Waals surface area contributed by atoms with Crippen molar-refractivity contribution < 1.29 is 4.74 Å². The molecule has 0 fully saturated rings. The van der Waals surface area contributed by atoms with E-state index in [4.69, 9.17) is 4.74 Å². The van der Waals surface area contributed by atoms with Crippen molar-refractivity contribution in [3.05, 3.63) is 66.1 Å². The van der Waals surface area contributed by atoms with E-state index in [9.17, 15) is 0 Å². The highest BCUT2D eigenvalue weighted by Gasteiger charge is 2.24. The van der Waals surface area contributed by atoms with Crippen molar-refractivity contribution in [2.24, 2.45) is 0 Å². The lowest BCUT2D eigenvalue weighted by molar-refractivity contribution is 0.00121. The lowest BCUT2D eigenvalue weighted by atomic mass is 10.1. The van der Waals surface area contributed by atoms with Crippen LogP contribution in [0.4, 0.5) is 0 Å². The highest BCUT2D eigenvalue weighted by Crippen LogP contribution is 2.24. The average Bonchev–Trinajstić information content (AvgIpc) is 3.07. The molecule has 1 aliphatic rings. The van der Waals surface area contributed by atoms with Crippen molar-refractivity contribution >= 4 is 0 Å². The smallest absolute Gasteiger partial charge is 0.118 e. The molecule has 1 aliphatic heterocycles. The molecule has 122 valence electrons. The van der Waals surface area contributed by atoms with Gasteiger partial charge in [0.25, 0.3) is 0 Å². The van der Waals surface area contributed by atoms with Gasteiger partial charge in [-0.2, -0.15) is 0 Å². The van der Waals surface area contributed by atoms with Crippen LogP contribution in [0.2, 0.25) is 0 Å². The molecule has 1 N–H and O–H groups in total. The highest BCUT2D eigenvalue weighted by molar-refractivity contribution is 5.61. The number of ether oxygens (including phenoxy) is 1. The number of aromatic nitrogens is 4. The van der Waals surface area contributed by atoms with Crippen LogP contribution in [0, 0.1) is 0 Å². The summed E-state index contributed by atoms with van der Waals surface area (Å²) in [5.74, 6) is 0. The number of nitrogens with one attached hydrogen (secondary N) is 1. The van der Waals surface area contributed by atoms with Gasteiger partial charge >= 0.3 is 0 Å². The van der Waals surface area contributed by atoms with Crippen LogP contribution in [-0.4, -0.2) is 32.6 Å². The number of hydrogen-bond donors (Lipinski definition) is 1. The number of hydrogen-bond acceptors (Lipinski definition) is 5. The summed E-state index contributed by atoms with van der Waals surface area (Å²) in [4.78, 5) is 4.30. The predicted molar refractivity (Wildman–Crippen MR) is 90.0 cm³/mol. The molecule has 24 heavy (non-hydrogen) atoms. The van der Waals surface area contributed by atoms with E-state index in [1.54, 1.807) is 6.20 Å². The molecule has 1 atom stereocenters. The maximum absolute atomic E-state index is 5.98. The second kappa shape index (κ2) is 6.90. The summed E-state index contributed by atoms with van der Waals surface area (Å²) in [5.41, 5.74) is 4.06. The second-order valence-corrected chi connectivity index (χ2v) is 5.82. The molecule has 0 saturated heterocycles. The zero-order valence-corrected chi connectivity index (χ0v) is 13.3. The largest absolute Gasteiger partial charge is 0.369 e. The fraction of sp³-hybridized carbons (Fsp3) is 0.278. The third kappa shape index (κ3) is 3.20. The van der Waals surface area contributed by atoms with Gasteiger partial charge in [-0.3, -0.25) is 4.98 Å². The summed E-state index contributed by atoms with van der Waals surface area (Å²) in [6.45, 7) is 2.74. The van der Waals surface area contributed by atoms with Crippen LogP contribution in [-0.2, 0) is 24.4 Å². The summed E-state index contributed by atoms with van der Waals surface area (Å²) in [6, 6.07) is 16.0. The van der Waals surface area contributed by atoms with Crippen molar-refractivity contribution in [3.8, 4) is 11.3 Å². The van der Waals surface area contributed by atoms with E-state index in [2.05, 4.69) is 20.6 Å². The maximum atomic E-state index is 5.98. The molecule has 6 nitrogen and oxygen atoms in total. The second-order valence-electron chi connectivity index (χ2n) is 5.82. The Balaban J connectivity index is 1.37. The standard InChI is InChI=1S/C18H19N5O/c1-2-6-14(7-3-1)18-17-13-24-16(12-23(17)22-21-18)11-19-10-15-8-4-5-9-20-15/h1-9,16,19H,10-13H2/t16-/m1/s1. The Morgan fingerprint density at radius 1 is 1.12 bits per heavy atom. The molecule has 1 aromatic carbocycles. The Morgan fingerprint density at radius 3 is 2.83 bits per heavy atom. The molecular formula is C18H19N5O. The minimum absolute atomic E-state index is 0.0894. The van der Waals surface area contributed by atoms with E-state index in [-0.39, 0.29) is 6.10 Å². The first-order chi connectivity index (χ1) is 11.9. The van der Waals surface area contributed by atoms with Crippen LogP contribution >= 0.6 is 0 Å².